The molecule has 400 valence electrons. The van der Waals surface area contributed by atoms with Gasteiger partial charge < -0.3 is 0 Å². The van der Waals surface area contributed by atoms with E-state index in [4.69, 9.17) is 56.8 Å². The summed E-state index contributed by atoms with van der Waals surface area (Å²) < 4.78 is 98.2. The Kier molecular flexibility index (Phi) is 11.9. The Hall–Kier alpha value is -5.40. The van der Waals surface area contributed by atoms with Crippen LogP contribution < -0.4 is 71.2 Å². The first-order valence-electron chi connectivity index (χ1n) is 27.5. The van der Waals surface area contributed by atoms with E-state index in [9.17, 15) is 0 Å². The van der Waals surface area contributed by atoms with Crippen molar-refractivity contribution in [1.82, 2.24) is 0 Å². The molecule has 0 radical (unpaired) electrons. The quantitative estimate of drug-likeness (QED) is 0.0424. The molecule has 17 heteroatoms. The molecule has 77 heavy (non-hydrogen) atoms. The van der Waals surface area contributed by atoms with Gasteiger partial charge in [-0.15, -0.1) is 0 Å². The Balaban J connectivity index is 1.37. The summed E-state index contributed by atoms with van der Waals surface area (Å²) in [7, 11) is 0. The van der Waals surface area contributed by atoms with Crippen molar-refractivity contribution in [1.29, 1.82) is 0 Å². The SMILES string of the molecule is CCOc1c(OCC)c2sc3c(OCC)c(OCC)c4sc5c(OCC)c(OCC)[c]6c7c([c]1[Sn]61[c]6c(OCC)c(OCC)c8sc9c(OCC)c(OCC)c%10sc%11c(OCC)c(OCC)[c]1c1c6c8c9c%10c%111)c2c3c4c57. The van der Waals surface area contributed by atoms with Crippen LogP contribution >= 0.6 is 45.3 Å². The fourth-order valence-electron chi connectivity index (χ4n) is 13.7. The Labute approximate surface area is 465 Å². The summed E-state index contributed by atoms with van der Waals surface area (Å²) in [4.78, 5) is 0. The number of ether oxygens (including phenoxy) is 12. The summed E-state index contributed by atoms with van der Waals surface area (Å²) in [5.41, 5.74) is 0. The van der Waals surface area contributed by atoms with Crippen molar-refractivity contribution in [2.75, 3.05) is 79.3 Å². The summed E-state index contributed by atoms with van der Waals surface area (Å²) in [6.45, 7) is 29.8. The number of benzene rings is 8. The van der Waals surface area contributed by atoms with Gasteiger partial charge in [0.2, 0.25) is 0 Å². The molecule has 14 rings (SSSR count). The van der Waals surface area contributed by atoms with E-state index in [1.54, 1.807) is 45.3 Å². The third-order valence-electron chi connectivity index (χ3n) is 15.4. The van der Waals surface area contributed by atoms with Crippen molar-refractivity contribution in [2.45, 2.75) is 83.1 Å². The van der Waals surface area contributed by atoms with Gasteiger partial charge in [0.05, 0.1) is 0 Å². The molecule has 0 unspecified atom stereocenters. The van der Waals surface area contributed by atoms with E-state index in [0.717, 1.165) is 186 Å². The minimum absolute atomic E-state index is 0.386. The van der Waals surface area contributed by atoms with Crippen LogP contribution in [-0.4, -0.2) is 97.7 Å². The van der Waals surface area contributed by atoms with E-state index in [2.05, 4.69) is 55.4 Å². The van der Waals surface area contributed by atoms with Crippen LogP contribution in [0.15, 0.2) is 0 Å². The van der Waals surface area contributed by atoms with E-state index < -0.39 is 18.4 Å². The van der Waals surface area contributed by atoms with Gasteiger partial charge in [0.15, 0.2) is 0 Å². The standard InChI is InChI=1S/2C30H30O6S2.Sn/c2*1-7-31-17-13-15-16-14-18(32-8-2)24(34-10-4)28-20(16)22-21-19(15)27(23(17)33-9-3)37-29(21)25(35-11-5)26(36-12-6)30(22)38-28;/h2*7-12H2,1-6H3;. The number of hydrogen-bond donors (Lipinski definition) is 0. The average molecular weight is 1220 g/mol. The van der Waals surface area contributed by atoms with Gasteiger partial charge in [0, 0.05) is 0 Å². The Morgan fingerprint density at radius 2 is 0.325 bits per heavy atom. The molecular formula is C60H60O12S4Sn. The zero-order chi connectivity index (χ0) is 53.1. The van der Waals surface area contributed by atoms with Crippen LogP contribution in [0, 0.1) is 0 Å². The van der Waals surface area contributed by atoms with Crippen molar-refractivity contribution in [3.63, 3.8) is 0 Å². The number of thiophene rings is 4. The molecule has 0 amide bonds. The molecule has 2 aliphatic rings. The number of rotatable bonds is 24. The van der Waals surface area contributed by atoms with E-state index in [1.807, 2.05) is 27.7 Å². The van der Waals surface area contributed by atoms with Crippen molar-refractivity contribution in [3.8, 4) is 69.0 Å². The van der Waals surface area contributed by atoms with Crippen molar-refractivity contribution in [3.05, 3.63) is 0 Å². The average Bonchev–Trinajstić information content (AvgIpc) is 2.77. The second kappa shape index (κ2) is 18.3. The van der Waals surface area contributed by atoms with Crippen LogP contribution in [0.1, 0.15) is 83.1 Å². The Morgan fingerprint density at radius 3 is 0.481 bits per heavy atom. The molecule has 0 aliphatic carbocycles. The summed E-state index contributed by atoms with van der Waals surface area (Å²) in [6.07, 6.45) is 0. The molecule has 1 spiro atoms. The van der Waals surface area contributed by atoms with Gasteiger partial charge in [0.1, 0.15) is 0 Å². The van der Waals surface area contributed by atoms with E-state index in [0.29, 0.717) is 79.3 Å². The third kappa shape index (κ3) is 5.84. The van der Waals surface area contributed by atoms with Crippen LogP contribution in [0.4, 0.5) is 0 Å². The molecule has 0 fully saturated rings. The fourth-order valence-corrected chi connectivity index (χ4v) is 36.3. The molecule has 0 saturated carbocycles. The second-order valence-corrected chi connectivity index (χ2v) is 33.0. The first-order valence-corrected chi connectivity index (χ1v) is 36.5. The van der Waals surface area contributed by atoms with E-state index in [-0.39, 0.29) is 0 Å². The van der Waals surface area contributed by atoms with E-state index >= 15 is 0 Å². The molecule has 12 aromatic rings. The molecule has 2 aliphatic heterocycles. The number of fused-ring (bicyclic) bond motifs is 4. The maximum absolute atomic E-state index is 7.42. The monoisotopic (exact) mass is 1220 g/mol. The fraction of sp³-hybridized carbons (Fsp3) is 0.400. The van der Waals surface area contributed by atoms with Gasteiger partial charge >= 0.3 is 468 Å². The molecule has 12 nitrogen and oxygen atoms in total. The van der Waals surface area contributed by atoms with Crippen LogP contribution in [0.25, 0.3) is 102 Å². The third-order valence-corrected chi connectivity index (χ3v) is 34.2. The molecule has 0 N–H and O–H groups in total. The summed E-state index contributed by atoms with van der Waals surface area (Å²) >= 11 is 1.25. The molecular weight excluding hydrogens is 1160 g/mol. The van der Waals surface area contributed by atoms with Gasteiger partial charge in [-0.25, -0.2) is 0 Å². The Morgan fingerprint density at radius 1 is 0.195 bits per heavy atom. The van der Waals surface area contributed by atoms with E-state index in [1.165, 1.54) is 0 Å². The summed E-state index contributed by atoms with van der Waals surface area (Å²) in [5, 5.41) is 13.7. The van der Waals surface area contributed by atoms with Gasteiger partial charge in [-0.05, 0) is 0 Å². The predicted molar refractivity (Wildman–Crippen MR) is 323 cm³/mol. The molecule has 6 heterocycles. The van der Waals surface area contributed by atoms with Gasteiger partial charge in [-0.2, -0.15) is 0 Å². The summed E-state index contributed by atoms with van der Waals surface area (Å²) in [6, 6.07) is 0. The topological polar surface area (TPSA) is 111 Å². The number of hydrogen-bond acceptors (Lipinski definition) is 16. The maximum atomic E-state index is 7.42. The van der Waals surface area contributed by atoms with Gasteiger partial charge in [-0.1, -0.05) is 0 Å². The molecule has 0 bridgehead atoms. The molecule has 0 atom stereocenters. The summed E-state index contributed by atoms with van der Waals surface area (Å²) in [5.74, 6) is 8.81. The first kappa shape index (κ1) is 49.9. The second-order valence-electron chi connectivity index (χ2n) is 18.9. The van der Waals surface area contributed by atoms with Gasteiger partial charge in [-0.3, -0.25) is 0 Å². The normalized spacial score (nSPS) is 13.7. The van der Waals surface area contributed by atoms with Crippen LogP contribution in [-0.2, 0) is 0 Å². The Bertz CT molecular complexity index is 3800. The van der Waals surface area contributed by atoms with Crippen molar-refractivity contribution < 1.29 is 56.8 Å². The van der Waals surface area contributed by atoms with Crippen molar-refractivity contribution >= 4 is 180 Å². The molecule has 0 saturated heterocycles. The van der Waals surface area contributed by atoms with Crippen molar-refractivity contribution in [2.24, 2.45) is 0 Å². The first-order chi connectivity index (χ1) is 37.8. The predicted octanol–water partition coefficient (Wildman–Crippen LogP) is 14.0. The minimum atomic E-state index is -5.57. The van der Waals surface area contributed by atoms with Crippen LogP contribution in [0.2, 0.25) is 0 Å². The zero-order valence-corrected chi connectivity index (χ0v) is 51.6. The molecule has 4 aromatic heterocycles. The van der Waals surface area contributed by atoms with Crippen LogP contribution in [0.3, 0.4) is 0 Å². The zero-order valence-electron chi connectivity index (χ0n) is 45.5. The van der Waals surface area contributed by atoms with Crippen LogP contribution in [0.5, 0.6) is 69.0 Å². The molecule has 8 aromatic carbocycles. The van der Waals surface area contributed by atoms with Gasteiger partial charge in [0.25, 0.3) is 0 Å².